The van der Waals surface area contributed by atoms with Crippen molar-refractivity contribution >= 4 is 22.1 Å². The molecule has 2 atom stereocenters. The molecule has 0 radical (unpaired) electrons. The van der Waals surface area contributed by atoms with Crippen LogP contribution in [0, 0.1) is 12.8 Å². The molecular weight excluding hydrogens is 502 g/mol. The number of hydrogen-bond acceptors (Lipinski definition) is 6. The number of benzene rings is 3. The van der Waals surface area contributed by atoms with E-state index in [1.165, 1.54) is 12.1 Å². The van der Waals surface area contributed by atoms with Crippen molar-refractivity contribution in [3.05, 3.63) is 90.0 Å². The van der Waals surface area contributed by atoms with Gasteiger partial charge in [-0.05, 0) is 69.4 Å². The molecule has 1 unspecified atom stereocenters. The average Bonchev–Trinajstić information content (AvgIpc) is 3.18. The van der Waals surface area contributed by atoms with Crippen LogP contribution < -0.4 is 0 Å². The fourth-order valence-corrected chi connectivity index (χ4v) is 5.40. The summed E-state index contributed by atoms with van der Waals surface area (Å²) in [4.78, 5) is 27.5. The van der Waals surface area contributed by atoms with E-state index < -0.39 is 39.7 Å². The van der Waals surface area contributed by atoms with Crippen molar-refractivity contribution in [3.8, 4) is 11.1 Å². The fraction of sp³-hybridized carbons (Fsp3) is 0.333. The summed E-state index contributed by atoms with van der Waals surface area (Å²) >= 11 is 0. The molecular formula is C30H33NO6S. The summed E-state index contributed by atoms with van der Waals surface area (Å²) in [5, 5.41) is 0. The molecule has 200 valence electrons. The Kier molecular flexibility index (Phi) is 8.04. The zero-order valence-electron chi connectivity index (χ0n) is 22.1. The van der Waals surface area contributed by atoms with Crippen molar-refractivity contribution in [3.63, 3.8) is 0 Å². The number of ether oxygens (including phenoxy) is 1. The Hall–Kier alpha value is -3.49. The molecule has 0 N–H and O–H groups in total. The second-order valence-corrected chi connectivity index (χ2v) is 12.2. The van der Waals surface area contributed by atoms with Gasteiger partial charge in [-0.15, -0.1) is 0 Å². The monoisotopic (exact) mass is 535 g/mol. The van der Waals surface area contributed by atoms with Crippen molar-refractivity contribution in [1.82, 2.24) is 4.90 Å². The molecule has 1 fully saturated rings. The molecule has 38 heavy (non-hydrogen) atoms. The van der Waals surface area contributed by atoms with Gasteiger partial charge in [0.1, 0.15) is 5.60 Å². The van der Waals surface area contributed by atoms with Gasteiger partial charge in [-0.2, -0.15) is 8.42 Å². The first kappa shape index (κ1) is 27.5. The Morgan fingerprint density at radius 3 is 2.13 bits per heavy atom. The summed E-state index contributed by atoms with van der Waals surface area (Å²) < 4.78 is 36.2. The first-order valence-electron chi connectivity index (χ1n) is 12.6. The van der Waals surface area contributed by atoms with E-state index >= 15 is 0 Å². The standard InChI is InChI=1S/C30H33NO6S/c1-21-10-16-27(17-11-21)38(34,35)36-20-25-19-26(31(28(25)32)29(33)37-30(2,3)4)18-22-12-14-24(15-13-22)23-8-6-5-7-9-23/h5-17,25-26H,18-20H2,1-4H3/t25?,26-/m1/s1. The summed E-state index contributed by atoms with van der Waals surface area (Å²) in [6, 6.07) is 23.8. The SMILES string of the molecule is Cc1ccc(S(=O)(=O)OCC2C[C@@H](Cc3ccc(-c4ccccc4)cc3)N(C(=O)OC(C)(C)C)C2=O)cc1. The van der Waals surface area contributed by atoms with Gasteiger partial charge < -0.3 is 4.74 Å². The predicted molar refractivity (Wildman–Crippen MR) is 145 cm³/mol. The molecule has 3 aromatic rings. The van der Waals surface area contributed by atoms with Gasteiger partial charge >= 0.3 is 6.09 Å². The smallest absolute Gasteiger partial charge is 0.417 e. The third kappa shape index (κ3) is 6.68. The molecule has 2 amide bonds. The zero-order valence-corrected chi connectivity index (χ0v) is 22.9. The Bertz CT molecular complexity index is 1380. The van der Waals surface area contributed by atoms with Crippen LogP contribution in [0.5, 0.6) is 0 Å². The number of nitrogens with zero attached hydrogens (tertiary/aromatic N) is 1. The second kappa shape index (κ2) is 11.1. The highest BCUT2D eigenvalue weighted by molar-refractivity contribution is 7.86. The van der Waals surface area contributed by atoms with Gasteiger partial charge in [-0.1, -0.05) is 72.3 Å². The number of imide groups is 1. The minimum atomic E-state index is -4.05. The zero-order chi connectivity index (χ0) is 27.5. The molecule has 0 aliphatic carbocycles. The lowest BCUT2D eigenvalue weighted by Crippen LogP contribution is -2.43. The van der Waals surface area contributed by atoms with E-state index in [4.69, 9.17) is 8.92 Å². The van der Waals surface area contributed by atoms with Gasteiger partial charge in [0, 0.05) is 6.04 Å². The van der Waals surface area contributed by atoms with Crippen molar-refractivity contribution in [2.75, 3.05) is 6.61 Å². The largest absolute Gasteiger partial charge is 0.443 e. The molecule has 1 aliphatic rings. The van der Waals surface area contributed by atoms with E-state index in [2.05, 4.69) is 0 Å². The van der Waals surface area contributed by atoms with Crippen LogP contribution in [0.15, 0.2) is 83.8 Å². The molecule has 0 aromatic heterocycles. The first-order chi connectivity index (χ1) is 17.9. The maximum absolute atomic E-state index is 13.3. The number of amides is 2. The number of carbonyl (C=O) groups excluding carboxylic acids is 2. The van der Waals surface area contributed by atoms with Crippen LogP contribution in [0.25, 0.3) is 11.1 Å². The van der Waals surface area contributed by atoms with Crippen LogP contribution in [0.3, 0.4) is 0 Å². The summed E-state index contributed by atoms with van der Waals surface area (Å²) in [6.45, 7) is 6.71. The molecule has 0 bridgehead atoms. The second-order valence-electron chi connectivity index (χ2n) is 10.6. The molecule has 4 rings (SSSR count). The molecule has 1 heterocycles. The molecule has 7 nitrogen and oxygen atoms in total. The van der Waals surface area contributed by atoms with E-state index in [1.807, 2.05) is 61.5 Å². The van der Waals surface area contributed by atoms with Crippen molar-refractivity contribution in [2.24, 2.45) is 5.92 Å². The van der Waals surface area contributed by atoms with E-state index in [0.29, 0.717) is 6.42 Å². The summed E-state index contributed by atoms with van der Waals surface area (Å²) in [5.74, 6) is -1.29. The highest BCUT2D eigenvalue weighted by Gasteiger charge is 2.45. The number of carbonyl (C=O) groups is 2. The molecule has 0 spiro atoms. The highest BCUT2D eigenvalue weighted by Crippen LogP contribution is 2.31. The van der Waals surface area contributed by atoms with Crippen molar-refractivity contribution in [2.45, 2.75) is 57.1 Å². The predicted octanol–water partition coefficient (Wildman–Crippen LogP) is 5.76. The number of hydrogen-bond donors (Lipinski definition) is 0. The number of likely N-dealkylation sites (tertiary alicyclic amines) is 1. The van der Waals surface area contributed by atoms with Gasteiger partial charge in [0.25, 0.3) is 10.1 Å². The lowest BCUT2D eigenvalue weighted by atomic mass is 9.98. The number of aryl methyl sites for hydroxylation is 1. The van der Waals surface area contributed by atoms with Gasteiger partial charge in [0.05, 0.1) is 17.4 Å². The topological polar surface area (TPSA) is 90.0 Å². The minimum absolute atomic E-state index is 0.0209. The van der Waals surface area contributed by atoms with Gasteiger partial charge in [0.15, 0.2) is 0 Å². The summed E-state index contributed by atoms with van der Waals surface area (Å²) in [6.07, 6.45) is -0.0549. The summed E-state index contributed by atoms with van der Waals surface area (Å²) in [5.41, 5.74) is 3.24. The van der Waals surface area contributed by atoms with Gasteiger partial charge in [-0.25, -0.2) is 9.69 Å². The van der Waals surface area contributed by atoms with Crippen molar-refractivity contribution in [1.29, 1.82) is 0 Å². The van der Waals surface area contributed by atoms with E-state index in [1.54, 1.807) is 32.9 Å². The lowest BCUT2D eigenvalue weighted by Gasteiger charge is -2.27. The quantitative estimate of drug-likeness (QED) is 0.357. The maximum Gasteiger partial charge on any atom is 0.417 e. The van der Waals surface area contributed by atoms with Crippen LogP contribution in [-0.2, 0) is 30.3 Å². The van der Waals surface area contributed by atoms with E-state index in [9.17, 15) is 18.0 Å². The summed E-state index contributed by atoms with van der Waals surface area (Å²) in [7, 11) is -4.05. The van der Waals surface area contributed by atoms with Crippen LogP contribution in [0.1, 0.15) is 38.3 Å². The van der Waals surface area contributed by atoms with Crippen LogP contribution in [-0.4, -0.2) is 43.6 Å². The van der Waals surface area contributed by atoms with Crippen LogP contribution in [0.2, 0.25) is 0 Å². The third-order valence-corrected chi connectivity index (χ3v) is 7.66. The Morgan fingerprint density at radius 1 is 0.921 bits per heavy atom. The third-order valence-electron chi connectivity index (χ3n) is 6.37. The molecule has 1 saturated heterocycles. The Balaban J connectivity index is 1.51. The first-order valence-corrected chi connectivity index (χ1v) is 14.0. The van der Waals surface area contributed by atoms with Gasteiger partial charge in [0.2, 0.25) is 5.91 Å². The molecule has 1 aliphatic heterocycles. The van der Waals surface area contributed by atoms with Gasteiger partial charge in [-0.3, -0.25) is 8.98 Å². The molecule has 3 aromatic carbocycles. The average molecular weight is 536 g/mol. The van der Waals surface area contributed by atoms with Crippen LogP contribution in [0.4, 0.5) is 4.79 Å². The molecule has 0 saturated carbocycles. The highest BCUT2D eigenvalue weighted by atomic mass is 32.2. The van der Waals surface area contributed by atoms with Crippen molar-refractivity contribution < 1.29 is 26.9 Å². The Morgan fingerprint density at radius 2 is 1.53 bits per heavy atom. The number of rotatable bonds is 7. The van der Waals surface area contributed by atoms with Crippen LogP contribution >= 0.6 is 0 Å². The fourth-order valence-electron chi connectivity index (χ4n) is 4.46. The molecule has 8 heteroatoms. The van der Waals surface area contributed by atoms with E-state index in [-0.39, 0.29) is 17.9 Å². The Labute approximate surface area is 224 Å². The van der Waals surface area contributed by atoms with E-state index in [0.717, 1.165) is 27.2 Å². The normalized spacial score (nSPS) is 18.0. The maximum atomic E-state index is 13.3. The lowest BCUT2D eigenvalue weighted by molar-refractivity contribution is -0.131. The minimum Gasteiger partial charge on any atom is -0.443 e.